The molecule has 0 aliphatic carbocycles. The predicted octanol–water partition coefficient (Wildman–Crippen LogP) is 4.67. The van der Waals surface area contributed by atoms with Crippen molar-refractivity contribution in [1.29, 1.82) is 0 Å². The SMILES string of the molecule is Cc1c(N)cccc1/C(N)=N/OC(=O)c1ccc2c(c1)c(C)c(C)n2Cc1ccccc1. The lowest BCUT2D eigenvalue weighted by atomic mass is 10.1. The van der Waals surface area contributed by atoms with E-state index in [1.54, 1.807) is 24.3 Å². The van der Waals surface area contributed by atoms with E-state index in [0.717, 1.165) is 34.3 Å². The standard InChI is InChI=1S/C26H26N4O2/c1-16-18(3)30(15-19-8-5-4-6-9-19)24-13-12-20(14-22(16)24)26(31)32-29-25(28)21-10-7-11-23(27)17(21)2/h4-14H,15,27H2,1-3H3,(H2,28,29). The van der Waals surface area contributed by atoms with Gasteiger partial charge in [0.15, 0.2) is 5.84 Å². The smallest absolute Gasteiger partial charge is 0.365 e. The molecular weight excluding hydrogens is 400 g/mol. The molecule has 4 aromatic rings. The third kappa shape index (κ3) is 3.95. The van der Waals surface area contributed by atoms with Gasteiger partial charge in [-0.2, -0.15) is 0 Å². The van der Waals surface area contributed by atoms with Crippen LogP contribution in [0.5, 0.6) is 0 Å². The summed E-state index contributed by atoms with van der Waals surface area (Å²) in [6.45, 7) is 6.76. The molecule has 0 saturated carbocycles. The maximum atomic E-state index is 12.7. The highest BCUT2D eigenvalue weighted by Crippen LogP contribution is 2.27. The van der Waals surface area contributed by atoms with Gasteiger partial charge >= 0.3 is 5.97 Å². The molecule has 6 nitrogen and oxygen atoms in total. The van der Waals surface area contributed by atoms with Crippen molar-refractivity contribution < 1.29 is 9.63 Å². The number of nitrogens with zero attached hydrogens (tertiary/aromatic N) is 2. The zero-order valence-electron chi connectivity index (χ0n) is 18.4. The molecule has 0 amide bonds. The van der Waals surface area contributed by atoms with Gasteiger partial charge in [-0.15, -0.1) is 0 Å². The van der Waals surface area contributed by atoms with Crippen LogP contribution in [0.2, 0.25) is 0 Å². The normalized spacial score (nSPS) is 11.7. The number of anilines is 1. The first-order valence-corrected chi connectivity index (χ1v) is 10.4. The summed E-state index contributed by atoms with van der Waals surface area (Å²) in [5.41, 5.74) is 19.0. The Hall–Kier alpha value is -4.06. The van der Waals surface area contributed by atoms with Crippen molar-refractivity contribution in [3.63, 3.8) is 0 Å². The third-order valence-corrected chi connectivity index (χ3v) is 5.94. The molecule has 162 valence electrons. The van der Waals surface area contributed by atoms with Gasteiger partial charge < -0.3 is 20.9 Å². The maximum Gasteiger partial charge on any atom is 0.365 e. The first-order valence-electron chi connectivity index (χ1n) is 10.4. The topological polar surface area (TPSA) is 95.6 Å². The molecule has 0 unspecified atom stereocenters. The van der Waals surface area contributed by atoms with Crippen molar-refractivity contribution in [3.8, 4) is 0 Å². The first-order chi connectivity index (χ1) is 15.4. The number of aromatic nitrogens is 1. The number of carbonyl (C=O) groups is 1. The van der Waals surface area contributed by atoms with Gasteiger partial charge in [0.25, 0.3) is 0 Å². The molecule has 1 heterocycles. The van der Waals surface area contributed by atoms with Gasteiger partial charge in [-0.1, -0.05) is 47.6 Å². The van der Waals surface area contributed by atoms with Crippen molar-refractivity contribution in [2.24, 2.45) is 10.9 Å². The lowest BCUT2D eigenvalue weighted by molar-refractivity contribution is 0.0516. The van der Waals surface area contributed by atoms with Gasteiger partial charge in [-0.3, -0.25) is 0 Å². The number of nitrogen functional groups attached to an aromatic ring is 1. The van der Waals surface area contributed by atoms with E-state index in [1.807, 2.05) is 37.3 Å². The molecule has 0 spiro atoms. The number of hydrogen-bond acceptors (Lipinski definition) is 4. The van der Waals surface area contributed by atoms with Crippen LogP contribution >= 0.6 is 0 Å². The minimum Gasteiger partial charge on any atom is -0.398 e. The van der Waals surface area contributed by atoms with E-state index in [2.05, 4.69) is 35.7 Å². The van der Waals surface area contributed by atoms with Gasteiger partial charge in [-0.05, 0) is 61.7 Å². The zero-order valence-corrected chi connectivity index (χ0v) is 18.4. The second kappa shape index (κ2) is 8.59. The summed E-state index contributed by atoms with van der Waals surface area (Å²) in [6, 6.07) is 21.2. The fourth-order valence-corrected chi connectivity index (χ4v) is 3.87. The summed E-state index contributed by atoms with van der Waals surface area (Å²) in [5, 5.41) is 4.85. The Labute approximate surface area is 187 Å². The number of fused-ring (bicyclic) bond motifs is 1. The molecule has 0 saturated heterocycles. The highest BCUT2D eigenvalue weighted by atomic mass is 16.7. The van der Waals surface area contributed by atoms with Crippen molar-refractivity contribution in [3.05, 3.63) is 100 Å². The number of oxime groups is 1. The molecule has 0 aliphatic heterocycles. The number of amidine groups is 1. The summed E-state index contributed by atoms with van der Waals surface area (Å²) in [5.74, 6) is -0.463. The van der Waals surface area contributed by atoms with Gasteiger partial charge in [0.1, 0.15) is 0 Å². The van der Waals surface area contributed by atoms with E-state index in [9.17, 15) is 4.79 Å². The van der Waals surface area contributed by atoms with E-state index in [1.165, 1.54) is 5.56 Å². The minimum atomic E-state index is -0.565. The summed E-state index contributed by atoms with van der Waals surface area (Å²) < 4.78 is 2.26. The van der Waals surface area contributed by atoms with E-state index >= 15 is 0 Å². The molecular formula is C26H26N4O2. The van der Waals surface area contributed by atoms with Gasteiger partial charge in [0.2, 0.25) is 0 Å². The van der Waals surface area contributed by atoms with Crippen LogP contribution in [0.1, 0.15) is 38.3 Å². The van der Waals surface area contributed by atoms with E-state index in [0.29, 0.717) is 16.8 Å². The minimum absolute atomic E-state index is 0.102. The van der Waals surface area contributed by atoms with Crippen molar-refractivity contribution in [1.82, 2.24) is 4.57 Å². The van der Waals surface area contributed by atoms with Crippen LogP contribution in [0.4, 0.5) is 5.69 Å². The Balaban J connectivity index is 1.60. The maximum absolute atomic E-state index is 12.7. The molecule has 4 rings (SSSR count). The molecule has 6 heteroatoms. The zero-order chi connectivity index (χ0) is 22.8. The van der Waals surface area contributed by atoms with E-state index < -0.39 is 5.97 Å². The number of nitrogens with two attached hydrogens (primary N) is 2. The number of hydrogen-bond donors (Lipinski definition) is 2. The third-order valence-electron chi connectivity index (χ3n) is 5.94. The number of carbonyl (C=O) groups excluding carboxylic acids is 1. The van der Waals surface area contributed by atoms with Crippen molar-refractivity contribution >= 4 is 28.4 Å². The Morgan fingerprint density at radius 1 is 0.969 bits per heavy atom. The van der Waals surface area contributed by atoms with E-state index in [-0.39, 0.29) is 5.84 Å². The van der Waals surface area contributed by atoms with Gasteiger partial charge in [0.05, 0.1) is 5.56 Å². The second-order valence-electron chi connectivity index (χ2n) is 7.89. The Morgan fingerprint density at radius 3 is 2.47 bits per heavy atom. The molecule has 0 atom stereocenters. The Bertz CT molecular complexity index is 1340. The monoisotopic (exact) mass is 426 g/mol. The van der Waals surface area contributed by atoms with Crippen LogP contribution < -0.4 is 11.5 Å². The molecule has 0 bridgehead atoms. The number of aryl methyl sites for hydroxylation is 1. The average molecular weight is 427 g/mol. The summed E-state index contributed by atoms with van der Waals surface area (Å²) in [4.78, 5) is 17.8. The predicted molar refractivity (Wildman–Crippen MR) is 129 cm³/mol. The molecule has 4 N–H and O–H groups in total. The van der Waals surface area contributed by atoms with Crippen LogP contribution in [-0.4, -0.2) is 16.4 Å². The summed E-state index contributed by atoms with van der Waals surface area (Å²) in [7, 11) is 0. The number of benzene rings is 3. The van der Waals surface area contributed by atoms with Gasteiger partial charge in [0, 0.05) is 34.4 Å². The van der Waals surface area contributed by atoms with Gasteiger partial charge in [-0.25, -0.2) is 4.79 Å². The Kier molecular flexibility index (Phi) is 5.69. The lowest BCUT2D eigenvalue weighted by Gasteiger charge is -2.09. The highest BCUT2D eigenvalue weighted by Gasteiger charge is 2.16. The summed E-state index contributed by atoms with van der Waals surface area (Å²) in [6.07, 6.45) is 0. The quantitative estimate of drug-likeness (QED) is 0.159. The van der Waals surface area contributed by atoms with Crippen LogP contribution in [0, 0.1) is 20.8 Å². The van der Waals surface area contributed by atoms with Crippen LogP contribution in [0.25, 0.3) is 10.9 Å². The van der Waals surface area contributed by atoms with Crippen LogP contribution in [-0.2, 0) is 11.4 Å². The number of rotatable bonds is 5. The second-order valence-corrected chi connectivity index (χ2v) is 7.89. The van der Waals surface area contributed by atoms with Crippen LogP contribution in [0.15, 0.2) is 71.9 Å². The molecule has 0 radical (unpaired) electrons. The molecule has 32 heavy (non-hydrogen) atoms. The van der Waals surface area contributed by atoms with Crippen molar-refractivity contribution in [2.75, 3.05) is 5.73 Å². The van der Waals surface area contributed by atoms with E-state index in [4.69, 9.17) is 16.3 Å². The Morgan fingerprint density at radius 2 is 1.72 bits per heavy atom. The van der Waals surface area contributed by atoms with Crippen molar-refractivity contribution in [2.45, 2.75) is 27.3 Å². The fraction of sp³-hybridized carbons (Fsp3) is 0.154. The highest BCUT2D eigenvalue weighted by molar-refractivity contribution is 6.01. The summed E-state index contributed by atoms with van der Waals surface area (Å²) >= 11 is 0. The average Bonchev–Trinajstić information content (AvgIpc) is 3.04. The largest absolute Gasteiger partial charge is 0.398 e. The molecule has 0 aliphatic rings. The molecule has 0 fully saturated rings. The molecule has 1 aromatic heterocycles. The first kappa shape index (κ1) is 21.2. The van der Waals surface area contributed by atoms with Crippen LogP contribution in [0.3, 0.4) is 0 Å². The molecule has 3 aromatic carbocycles. The fourth-order valence-electron chi connectivity index (χ4n) is 3.87. The lowest BCUT2D eigenvalue weighted by Crippen LogP contribution is -2.17.